The minimum Gasteiger partial charge on any atom is -0.349 e. The molecule has 1 aromatic carbocycles. The van der Waals surface area contributed by atoms with Crippen molar-refractivity contribution < 1.29 is 37.5 Å². The number of nitrogens with zero attached hydrogens (tertiary/aromatic N) is 1. The van der Waals surface area contributed by atoms with Gasteiger partial charge in [0.2, 0.25) is 5.91 Å². The van der Waals surface area contributed by atoms with E-state index in [0.29, 0.717) is 6.42 Å². The van der Waals surface area contributed by atoms with Crippen LogP contribution in [0.1, 0.15) is 18.1 Å². The Morgan fingerprint density at radius 3 is 2.47 bits per heavy atom. The molecule has 0 aromatic heterocycles. The van der Waals surface area contributed by atoms with Crippen LogP contribution >= 0.6 is 0 Å². The second kappa shape index (κ2) is 7.13. The topological polar surface area (TPSA) is 20.3 Å². The zero-order valence-electron chi connectivity index (χ0n) is 9.58. The summed E-state index contributed by atoms with van der Waals surface area (Å²) in [5.74, 6) is 0.127. The molecule has 0 saturated carbocycles. The maximum atomic E-state index is 11.4. The molecule has 0 fully saturated rings. The first-order chi connectivity index (χ1) is 6.63. The van der Waals surface area contributed by atoms with Gasteiger partial charge in [-0.3, -0.25) is 4.79 Å². The zero-order valence-corrected chi connectivity index (χ0v) is 12.4. The normalized spacial score (nSPS) is 9.27. The van der Waals surface area contributed by atoms with Crippen molar-refractivity contribution in [2.45, 2.75) is 19.8 Å². The Balaban J connectivity index is 0.00000196. The Morgan fingerprint density at radius 2 is 2.07 bits per heavy atom. The van der Waals surface area contributed by atoms with E-state index in [2.05, 4.69) is 13.0 Å². The van der Waals surface area contributed by atoms with E-state index in [-0.39, 0.29) is 38.6 Å². The standard InChI is InChI=1S/C12H16NO.Y/c1-4-10-5-7-11(8-6-10)9-12(14)13(2)3;/h5,7-8H,4,9H2,1-3H3;/q-1;. The van der Waals surface area contributed by atoms with Crippen molar-refractivity contribution >= 4 is 5.91 Å². The number of carbonyl (C=O) groups excluding carboxylic acids is 1. The van der Waals surface area contributed by atoms with Crippen LogP contribution in [-0.2, 0) is 50.3 Å². The summed E-state index contributed by atoms with van der Waals surface area (Å²) in [6.07, 6.45) is 1.45. The van der Waals surface area contributed by atoms with Crippen LogP contribution in [0.3, 0.4) is 0 Å². The summed E-state index contributed by atoms with van der Waals surface area (Å²) in [4.78, 5) is 13.0. The van der Waals surface area contributed by atoms with Crippen molar-refractivity contribution in [3.05, 3.63) is 35.4 Å². The van der Waals surface area contributed by atoms with E-state index in [9.17, 15) is 4.79 Å². The Morgan fingerprint density at radius 1 is 1.40 bits per heavy atom. The molecule has 0 saturated heterocycles. The van der Waals surface area contributed by atoms with Gasteiger partial charge >= 0.3 is 0 Å². The molecular formula is C12H16NOY-. The summed E-state index contributed by atoms with van der Waals surface area (Å²) in [6, 6.07) is 9.09. The van der Waals surface area contributed by atoms with Crippen LogP contribution in [0.25, 0.3) is 0 Å². The van der Waals surface area contributed by atoms with Crippen LogP contribution < -0.4 is 0 Å². The quantitative estimate of drug-likeness (QED) is 0.771. The van der Waals surface area contributed by atoms with Crippen LogP contribution in [-0.4, -0.2) is 24.9 Å². The summed E-state index contributed by atoms with van der Waals surface area (Å²) < 4.78 is 0. The van der Waals surface area contributed by atoms with Gasteiger partial charge in [0.1, 0.15) is 0 Å². The third-order valence-corrected chi connectivity index (χ3v) is 2.18. The average molecular weight is 279 g/mol. The van der Waals surface area contributed by atoms with Crippen molar-refractivity contribution in [2.75, 3.05) is 14.1 Å². The molecule has 1 radical (unpaired) electrons. The summed E-state index contributed by atoms with van der Waals surface area (Å²) in [6.45, 7) is 2.09. The van der Waals surface area contributed by atoms with Gasteiger partial charge in [0, 0.05) is 53.2 Å². The number of amides is 1. The number of likely N-dealkylation sites (N-methyl/N-ethyl adjacent to an activating group) is 1. The molecule has 0 heterocycles. The predicted octanol–water partition coefficient (Wildman–Crippen LogP) is 1.68. The molecule has 3 heteroatoms. The molecule has 0 aliphatic rings. The first kappa shape index (κ1) is 14.8. The fourth-order valence-corrected chi connectivity index (χ4v) is 1.15. The summed E-state index contributed by atoms with van der Waals surface area (Å²) in [5.41, 5.74) is 2.21. The third kappa shape index (κ3) is 4.90. The summed E-state index contributed by atoms with van der Waals surface area (Å²) in [7, 11) is 3.54. The third-order valence-electron chi connectivity index (χ3n) is 2.18. The summed E-state index contributed by atoms with van der Waals surface area (Å²) in [5, 5.41) is 0. The Bertz CT molecular complexity index is 306. The number of carbonyl (C=O) groups is 1. The molecule has 2 nitrogen and oxygen atoms in total. The van der Waals surface area contributed by atoms with Gasteiger partial charge in [-0.25, -0.2) is 0 Å². The molecule has 15 heavy (non-hydrogen) atoms. The van der Waals surface area contributed by atoms with Crippen LogP contribution in [0, 0.1) is 6.07 Å². The number of rotatable bonds is 3. The second-order valence-corrected chi connectivity index (χ2v) is 3.54. The van der Waals surface area contributed by atoms with Crippen LogP contribution in [0.2, 0.25) is 0 Å². The molecular weight excluding hydrogens is 263 g/mol. The molecule has 0 bridgehead atoms. The van der Waals surface area contributed by atoms with Crippen LogP contribution in [0.15, 0.2) is 18.2 Å². The van der Waals surface area contributed by atoms with Gasteiger partial charge in [0.15, 0.2) is 0 Å². The van der Waals surface area contributed by atoms with Gasteiger partial charge in [-0.1, -0.05) is 13.3 Å². The van der Waals surface area contributed by atoms with Crippen molar-refractivity contribution in [1.29, 1.82) is 0 Å². The average Bonchev–Trinajstić information content (AvgIpc) is 2.19. The van der Waals surface area contributed by atoms with Crippen molar-refractivity contribution in [3.8, 4) is 0 Å². The van der Waals surface area contributed by atoms with Gasteiger partial charge < -0.3 is 4.90 Å². The van der Waals surface area contributed by atoms with E-state index in [1.807, 2.05) is 18.2 Å². The molecule has 1 aromatic rings. The van der Waals surface area contributed by atoms with E-state index in [1.54, 1.807) is 19.0 Å². The minimum atomic E-state index is 0. The van der Waals surface area contributed by atoms with E-state index >= 15 is 0 Å². The second-order valence-electron chi connectivity index (χ2n) is 3.54. The van der Waals surface area contributed by atoms with E-state index in [0.717, 1.165) is 12.0 Å². The molecule has 0 spiro atoms. The van der Waals surface area contributed by atoms with Crippen molar-refractivity contribution in [1.82, 2.24) is 4.90 Å². The smallest absolute Gasteiger partial charge is 0.214 e. The Kier molecular flexibility index (Phi) is 7.03. The van der Waals surface area contributed by atoms with Crippen molar-refractivity contribution in [3.63, 3.8) is 0 Å². The number of aryl methyl sites for hydroxylation is 1. The maximum Gasteiger partial charge on any atom is 0.214 e. The Labute approximate surface area is 117 Å². The van der Waals surface area contributed by atoms with E-state index < -0.39 is 0 Å². The first-order valence-electron chi connectivity index (χ1n) is 4.83. The predicted molar refractivity (Wildman–Crippen MR) is 57.1 cm³/mol. The van der Waals surface area contributed by atoms with Gasteiger partial charge in [0.25, 0.3) is 0 Å². The minimum absolute atomic E-state index is 0. The molecule has 0 atom stereocenters. The maximum absolute atomic E-state index is 11.4. The summed E-state index contributed by atoms with van der Waals surface area (Å²) >= 11 is 0. The Hall–Kier alpha value is -0.206. The monoisotopic (exact) mass is 279 g/mol. The van der Waals surface area contributed by atoms with E-state index in [4.69, 9.17) is 0 Å². The van der Waals surface area contributed by atoms with Gasteiger partial charge in [-0.2, -0.15) is 29.8 Å². The van der Waals surface area contributed by atoms with Gasteiger partial charge in [0.05, 0.1) is 0 Å². The molecule has 0 N–H and O–H groups in total. The van der Waals surface area contributed by atoms with Gasteiger partial charge in [-0.15, -0.1) is 5.56 Å². The number of hydrogen-bond donors (Lipinski definition) is 0. The zero-order chi connectivity index (χ0) is 10.6. The molecule has 1 amide bonds. The van der Waals surface area contributed by atoms with Gasteiger partial charge in [-0.05, 0) is 0 Å². The first-order valence-corrected chi connectivity index (χ1v) is 4.83. The molecule has 0 aliphatic heterocycles. The SMILES string of the molecule is CCc1[c-]cc(CC(=O)N(C)C)cc1.[Y]. The number of benzene rings is 1. The van der Waals surface area contributed by atoms with Crippen LogP contribution in [0.4, 0.5) is 0 Å². The fourth-order valence-electron chi connectivity index (χ4n) is 1.15. The molecule has 1 rings (SSSR count). The molecule has 0 aliphatic carbocycles. The van der Waals surface area contributed by atoms with Crippen LogP contribution in [0.5, 0.6) is 0 Å². The molecule has 0 unspecified atom stereocenters. The fraction of sp³-hybridized carbons (Fsp3) is 0.417. The van der Waals surface area contributed by atoms with Crippen molar-refractivity contribution in [2.24, 2.45) is 0 Å². The molecule has 79 valence electrons. The largest absolute Gasteiger partial charge is 0.349 e. The van der Waals surface area contributed by atoms with E-state index in [1.165, 1.54) is 5.56 Å². The number of hydrogen-bond acceptors (Lipinski definition) is 1.